The quantitative estimate of drug-likeness (QED) is 0.377. The summed E-state index contributed by atoms with van der Waals surface area (Å²) in [5, 5.41) is 40.4. The maximum absolute atomic E-state index is 10.5. The molecule has 4 N–H and O–H groups in total. The number of aliphatic hydroxyl groups excluding tert-OH is 4. The number of rotatable bonds is 3. The van der Waals surface area contributed by atoms with E-state index in [2.05, 4.69) is 33.8 Å². The first-order valence-electron chi connectivity index (χ1n) is 16.5. The maximum atomic E-state index is 10.5. The highest BCUT2D eigenvalue weighted by atomic mass is 16.7. The molecule has 232 valence electrons. The highest BCUT2D eigenvalue weighted by molar-refractivity contribution is 5.26. The van der Waals surface area contributed by atoms with Crippen LogP contribution in [-0.2, 0) is 18.9 Å². The fourth-order valence-electron chi connectivity index (χ4n) is 11.1. The molecule has 4 unspecified atom stereocenters. The molecule has 0 bridgehead atoms. The molecule has 16 atom stereocenters. The van der Waals surface area contributed by atoms with Crippen molar-refractivity contribution in [3.63, 3.8) is 0 Å². The predicted molar refractivity (Wildman–Crippen MR) is 150 cm³/mol. The van der Waals surface area contributed by atoms with E-state index in [9.17, 15) is 20.4 Å². The lowest BCUT2D eigenvalue weighted by atomic mass is 9.47. The van der Waals surface area contributed by atoms with Gasteiger partial charge in [-0.1, -0.05) is 39.3 Å². The van der Waals surface area contributed by atoms with Gasteiger partial charge in [-0.3, -0.25) is 0 Å². The second-order valence-electron chi connectivity index (χ2n) is 15.5. The molecule has 0 radical (unpaired) electrons. The van der Waals surface area contributed by atoms with Crippen LogP contribution in [0.15, 0.2) is 11.6 Å². The van der Waals surface area contributed by atoms with E-state index in [-0.39, 0.29) is 17.3 Å². The first-order valence-corrected chi connectivity index (χ1v) is 16.5. The van der Waals surface area contributed by atoms with Gasteiger partial charge in [0, 0.05) is 12.3 Å². The van der Waals surface area contributed by atoms with Gasteiger partial charge >= 0.3 is 0 Å². The van der Waals surface area contributed by atoms with Crippen LogP contribution in [-0.4, -0.2) is 82.3 Å². The van der Waals surface area contributed by atoms with E-state index in [1.165, 1.54) is 24.8 Å². The van der Waals surface area contributed by atoms with Crippen molar-refractivity contribution < 1.29 is 39.4 Å². The lowest BCUT2D eigenvalue weighted by Crippen LogP contribution is -2.60. The van der Waals surface area contributed by atoms with Crippen LogP contribution in [0.5, 0.6) is 0 Å². The third-order valence-electron chi connectivity index (χ3n) is 13.5. The SMILES string of the molecule is CC1CC[C@@]2(OC1)O[C@H]1CC3C4CC=C5C[C@@H](O[C@@H]6O[C@H](CO)[C@@H](O)[C@H](O)[C@H]6O)CC[C@]5(C)C4CC[C@]3(C)[C@H]1[C@@H]2C. The van der Waals surface area contributed by atoms with Crippen LogP contribution in [0.3, 0.4) is 0 Å². The molecule has 7 rings (SSSR count). The highest BCUT2D eigenvalue weighted by Crippen LogP contribution is 2.70. The van der Waals surface area contributed by atoms with E-state index in [1.807, 2.05) is 0 Å². The zero-order valence-corrected chi connectivity index (χ0v) is 25.3. The van der Waals surface area contributed by atoms with Crippen molar-refractivity contribution in [2.24, 2.45) is 46.3 Å². The van der Waals surface area contributed by atoms with E-state index >= 15 is 0 Å². The summed E-state index contributed by atoms with van der Waals surface area (Å²) in [5.41, 5.74) is 1.91. The van der Waals surface area contributed by atoms with E-state index in [0.717, 1.165) is 45.1 Å². The molecule has 1 spiro atoms. The molecule has 0 amide bonds. The summed E-state index contributed by atoms with van der Waals surface area (Å²) >= 11 is 0. The van der Waals surface area contributed by atoms with Crippen molar-refractivity contribution >= 4 is 0 Å². The summed E-state index contributed by atoms with van der Waals surface area (Å²) in [4.78, 5) is 0. The van der Waals surface area contributed by atoms with E-state index in [4.69, 9.17) is 18.9 Å². The normalized spacial score (nSPS) is 58.3. The van der Waals surface area contributed by atoms with Gasteiger partial charge in [-0.15, -0.1) is 0 Å². The monoisotopic (exact) mass is 576 g/mol. The van der Waals surface area contributed by atoms with Crippen LogP contribution in [0.2, 0.25) is 0 Å². The second-order valence-corrected chi connectivity index (χ2v) is 15.5. The van der Waals surface area contributed by atoms with Crippen LogP contribution >= 0.6 is 0 Å². The lowest BCUT2D eigenvalue weighted by Gasteiger charge is -2.58. The smallest absolute Gasteiger partial charge is 0.186 e. The summed E-state index contributed by atoms with van der Waals surface area (Å²) in [6.07, 6.45) is 6.24. The van der Waals surface area contributed by atoms with Crippen molar-refractivity contribution in [3.8, 4) is 0 Å². The summed E-state index contributed by atoms with van der Waals surface area (Å²) in [6, 6.07) is 0. The summed E-state index contributed by atoms with van der Waals surface area (Å²) in [7, 11) is 0. The zero-order valence-electron chi connectivity index (χ0n) is 25.3. The van der Waals surface area contributed by atoms with Crippen LogP contribution in [0.25, 0.3) is 0 Å². The summed E-state index contributed by atoms with van der Waals surface area (Å²) in [5.74, 6) is 3.28. The van der Waals surface area contributed by atoms with Gasteiger partial charge in [-0.25, -0.2) is 0 Å². The molecule has 8 nitrogen and oxygen atoms in total. The van der Waals surface area contributed by atoms with Gasteiger partial charge in [0.25, 0.3) is 0 Å². The Balaban J connectivity index is 1.05. The van der Waals surface area contributed by atoms with Crippen molar-refractivity contribution in [1.29, 1.82) is 0 Å². The summed E-state index contributed by atoms with van der Waals surface area (Å²) in [6.45, 7) is 10.1. The molecule has 3 heterocycles. The van der Waals surface area contributed by atoms with E-state index < -0.39 is 37.3 Å². The Labute approximate surface area is 244 Å². The van der Waals surface area contributed by atoms with E-state index in [0.29, 0.717) is 47.0 Å². The minimum Gasteiger partial charge on any atom is -0.394 e. The molecule has 0 aromatic carbocycles. The number of allylic oxidation sites excluding steroid dienone is 1. The lowest BCUT2D eigenvalue weighted by molar-refractivity contribution is -0.313. The molecule has 4 aliphatic carbocycles. The predicted octanol–water partition coefficient (Wildman–Crippen LogP) is 3.54. The number of ether oxygens (including phenoxy) is 4. The van der Waals surface area contributed by atoms with Gasteiger partial charge in [0.15, 0.2) is 12.1 Å². The minimum absolute atomic E-state index is 0.129. The largest absolute Gasteiger partial charge is 0.394 e. The number of hydrogen-bond donors (Lipinski definition) is 4. The number of fused-ring (bicyclic) bond motifs is 7. The Hall–Kier alpha value is -0.580. The van der Waals surface area contributed by atoms with Crippen molar-refractivity contribution in [2.45, 2.75) is 134 Å². The molecule has 6 fully saturated rings. The molecule has 7 aliphatic rings. The molecule has 3 saturated heterocycles. The molecular formula is C33H52O8. The van der Waals surface area contributed by atoms with Crippen LogP contribution in [0.4, 0.5) is 0 Å². The minimum atomic E-state index is -1.41. The third kappa shape index (κ3) is 4.29. The topological polar surface area (TPSA) is 118 Å². The Kier molecular flexibility index (Phi) is 7.27. The fraction of sp³-hybridized carbons (Fsp3) is 0.939. The Morgan fingerprint density at radius 2 is 1.78 bits per heavy atom. The Morgan fingerprint density at radius 3 is 2.51 bits per heavy atom. The van der Waals surface area contributed by atoms with Crippen LogP contribution in [0.1, 0.15) is 85.5 Å². The molecule has 3 saturated carbocycles. The molecule has 8 heteroatoms. The van der Waals surface area contributed by atoms with Gasteiger partial charge < -0.3 is 39.4 Å². The van der Waals surface area contributed by atoms with Crippen molar-refractivity contribution in [3.05, 3.63) is 11.6 Å². The van der Waals surface area contributed by atoms with Gasteiger partial charge in [-0.2, -0.15) is 0 Å². The van der Waals surface area contributed by atoms with Crippen LogP contribution < -0.4 is 0 Å². The van der Waals surface area contributed by atoms with Gasteiger partial charge in [0.2, 0.25) is 0 Å². The van der Waals surface area contributed by atoms with Crippen LogP contribution in [0, 0.1) is 46.3 Å². The zero-order chi connectivity index (χ0) is 28.9. The third-order valence-corrected chi connectivity index (χ3v) is 13.5. The number of hydrogen-bond acceptors (Lipinski definition) is 8. The van der Waals surface area contributed by atoms with Gasteiger partial charge in [0.1, 0.15) is 24.4 Å². The Morgan fingerprint density at radius 1 is 0.976 bits per heavy atom. The van der Waals surface area contributed by atoms with Crippen molar-refractivity contribution in [2.75, 3.05) is 13.2 Å². The maximum Gasteiger partial charge on any atom is 0.186 e. The second kappa shape index (κ2) is 10.2. The molecular weight excluding hydrogens is 524 g/mol. The highest BCUT2D eigenvalue weighted by Gasteiger charge is 2.68. The molecule has 3 aliphatic heterocycles. The standard InChI is InChI=1S/C33H52O8/c1-17-7-12-33(38-16-17)18(2)26-24(41-33)14-23-21-6-5-19-13-20(8-10-31(19,3)22(21)9-11-32(23,26)4)39-30-29(37)28(36)27(35)25(15-34)40-30/h5,17-18,20-30,34-37H,6-16H2,1-4H3/t17?,18-,20-,21?,22?,23?,24-,25+,26-,27+,28-,29+,30+,31-,32-,33+/m0/s1. The number of aliphatic hydroxyl groups is 4. The van der Waals surface area contributed by atoms with E-state index in [1.54, 1.807) is 0 Å². The van der Waals surface area contributed by atoms with Gasteiger partial charge in [-0.05, 0) is 91.8 Å². The fourth-order valence-corrected chi connectivity index (χ4v) is 11.1. The first kappa shape index (κ1) is 29.1. The van der Waals surface area contributed by atoms with Crippen molar-refractivity contribution in [1.82, 2.24) is 0 Å². The first-order chi connectivity index (χ1) is 19.5. The molecule has 0 aromatic rings. The average molecular weight is 577 g/mol. The molecule has 0 aromatic heterocycles. The molecule has 41 heavy (non-hydrogen) atoms. The Bertz CT molecular complexity index is 1020. The average Bonchev–Trinajstić information content (AvgIpc) is 3.40. The van der Waals surface area contributed by atoms with Gasteiger partial charge in [0.05, 0.1) is 25.4 Å². The summed E-state index contributed by atoms with van der Waals surface area (Å²) < 4.78 is 25.3.